The SMILES string of the molecule is CC1CCCN(C(=O)C(Cc2ccccn2)c2ccc(F)cc2)C1. The van der Waals surface area contributed by atoms with Gasteiger partial charge < -0.3 is 4.90 Å². The molecule has 1 fully saturated rings. The highest BCUT2D eigenvalue weighted by atomic mass is 19.1. The number of aromatic nitrogens is 1. The normalized spacial score (nSPS) is 19.1. The molecule has 1 aliphatic heterocycles. The first kappa shape index (κ1) is 16.6. The van der Waals surface area contributed by atoms with Gasteiger partial charge in [-0.3, -0.25) is 9.78 Å². The van der Waals surface area contributed by atoms with Crippen molar-refractivity contribution in [2.45, 2.75) is 32.1 Å². The second-order valence-corrected chi connectivity index (χ2v) is 6.66. The third-order valence-electron chi connectivity index (χ3n) is 4.68. The first-order valence-corrected chi connectivity index (χ1v) is 8.57. The fourth-order valence-corrected chi connectivity index (χ4v) is 3.38. The van der Waals surface area contributed by atoms with Crippen LogP contribution in [0.1, 0.15) is 36.9 Å². The monoisotopic (exact) mass is 326 g/mol. The van der Waals surface area contributed by atoms with Gasteiger partial charge in [-0.05, 0) is 48.6 Å². The average molecular weight is 326 g/mol. The van der Waals surface area contributed by atoms with E-state index in [-0.39, 0.29) is 17.6 Å². The highest BCUT2D eigenvalue weighted by molar-refractivity contribution is 5.84. The molecule has 0 spiro atoms. The molecule has 2 unspecified atom stereocenters. The number of likely N-dealkylation sites (tertiary alicyclic amines) is 1. The Balaban J connectivity index is 1.86. The Morgan fingerprint density at radius 2 is 2.08 bits per heavy atom. The molecule has 4 heteroatoms. The van der Waals surface area contributed by atoms with Crippen LogP contribution in [0, 0.1) is 11.7 Å². The number of benzene rings is 1. The minimum atomic E-state index is -0.314. The van der Waals surface area contributed by atoms with E-state index in [1.165, 1.54) is 18.6 Å². The van der Waals surface area contributed by atoms with Gasteiger partial charge in [-0.1, -0.05) is 25.1 Å². The van der Waals surface area contributed by atoms with E-state index < -0.39 is 0 Å². The largest absolute Gasteiger partial charge is 0.342 e. The molecular weight excluding hydrogens is 303 g/mol. The van der Waals surface area contributed by atoms with E-state index in [2.05, 4.69) is 11.9 Å². The molecule has 0 saturated carbocycles. The van der Waals surface area contributed by atoms with Crippen molar-refractivity contribution in [1.82, 2.24) is 9.88 Å². The first-order valence-electron chi connectivity index (χ1n) is 8.57. The molecule has 1 saturated heterocycles. The lowest BCUT2D eigenvalue weighted by atomic mass is 9.90. The maximum atomic E-state index is 13.3. The summed E-state index contributed by atoms with van der Waals surface area (Å²) >= 11 is 0. The summed E-state index contributed by atoms with van der Waals surface area (Å²) in [5, 5.41) is 0. The number of amides is 1. The van der Waals surface area contributed by atoms with Gasteiger partial charge in [-0.15, -0.1) is 0 Å². The summed E-state index contributed by atoms with van der Waals surface area (Å²) in [7, 11) is 0. The molecule has 1 aromatic carbocycles. The van der Waals surface area contributed by atoms with Crippen LogP contribution in [0.4, 0.5) is 4.39 Å². The third kappa shape index (κ3) is 3.99. The van der Waals surface area contributed by atoms with Gasteiger partial charge in [0.25, 0.3) is 0 Å². The molecule has 24 heavy (non-hydrogen) atoms. The summed E-state index contributed by atoms with van der Waals surface area (Å²) in [5.74, 6) is 0.0606. The Morgan fingerprint density at radius 3 is 2.75 bits per heavy atom. The number of nitrogens with zero attached hydrogens (tertiary/aromatic N) is 2. The van der Waals surface area contributed by atoms with Crippen molar-refractivity contribution >= 4 is 5.91 Å². The summed E-state index contributed by atoms with van der Waals surface area (Å²) in [6.45, 7) is 3.80. The molecule has 2 atom stereocenters. The van der Waals surface area contributed by atoms with Crippen LogP contribution in [0.15, 0.2) is 48.7 Å². The van der Waals surface area contributed by atoms with Gasteiger partial charge in [-0.2, -0.15) is 0 Å². The Hall–Kier alpha value is -2.23. The zero-order valence-corrected chi connectivity index (χ0v) is 14.0. The predicted molar refractivity (Wildman–Crippen MR) is 92.1 cm³/mol. The number of hydrogen-bond donors (Lipinski definition) is 0. The van der Waals surface area contributed by atoms with Crippen LogP contribution in [-0.4, -0.2) is 28.9 Å². The first-order chi connectivity index (χ1) is 11.6. The molecule has 1 aromatic heterocycles. The van der Waals surface area contributed by atoms with Gasteiger partial charge in [0.05, 0.1) is 5.92 Å². The fraction of sp³-hybridized carbons (Fsp3) is 0.400. The maximum absolute atomic E-state index is 13.3. The summed E-state index contributed by atoms with van der Waals surface area (Å²) in [4.78, 5) is 19.5. The second-order valence-electron chi connectivity index (χ2n) is 6.66. The van der Waals surface area contributed by atoms with Gasteiger partial charge in [0, 0.05) is 31.4 Å². The van der Waals surface area contributed by atoms with Gasteiger partial charge in [-0.25, -0.2) is 4.39 Å². The quantitative estimate of drug-likeness (QED) is 0.856. The van der Waals surface area contributed by atoms with Crippen molar-refractivity contribution < 1.29 is 9.18 Å². The zero-order valence-electron chi connectivity index (χ0n) is 14.0. The smallest absolute Gasteiger partial charge is 0.230 e. The molecule has 2 aromatic rings. The van der Waals surface area contributed by atoms with Crippen molar-refractivity contribution in [3.8, 4) is 0 Å². The van der Waals surface area contributed by atoms with Gasteiger partial charge in [0.1, 0.15) is 5.82 Å². The molecule has 126 valence electrons. The lowest BCUT2D eigenvalue weighted by Crippen LogP contribution is -2.42. The molecular formula is C20H23FN2O. The second kappa shape index (κ2) is 7.56. The van der Waals surface area contributed by atoms with Crippen molar-refractivity contribution in [3.05, 3.63) is 65.7 Å². The van der Waals surface area contributed by atoms with E-state index >= 15 is 0 Å². The number of piperidine rings is 1. The summed E-state index contributed by atoms with van der Waals surface area (Å²) < 4.78 is 13.3. The van der Waals surface area contributed by atoms with Crippen LogP contribution >= 0.6 is 0 Å². The number of pyridine rings is 1. The predicted octanol–water partition coefficient (Wildman–Crippen LogP) is 3.81. The Bertz CT molecular complexity index is 672. The highest BCUT2D eigenvalue weighted by Gasteiger charge is 2.29. The van der Waals surface area contributed by atoms with E-state index in [4.69, 9.17) is 0 Å². The zero-order chi connectivity index (χ0) is 16.9. The van der Waals surface area contributed by atoms with Gasteiger partial charge >= 0.3 is 0 Å². The molecule has 0 radical (unpaired) electrons. The third-order valence-corrected chi connectivity index (χ3v) is 4.68. The van der Waals surface area contributed by atoms with E-state index in [9.17, 15) is 9.18 Å². The number of carbonyl (C=O) groups is 1. The van der Waals surface area contributed by atoms with Crippen LogP contribution in [0.25, 0.3) is 0 Å². The van der Waals surface area contributed by atoms with Crippen LogP contribution < -0.4 is 0 Å². The lowest BCUT2D eigenvalue weighted by molar-refractivity contribution is -0.134. The number of carbonyl (C=O) groups excluding carboxylic acids is 1. The van der Waals surface area contributed by atoms with Crippen molar-refractivity contribution in [2.75, 3.05) is 13.1 Å². The van der Waals surface area contributed by atoms with Crippen LogP contribution in [0.3, 0.4) is 0 Å². The molecule has 0 N–H and O–H groups in total. The molecule has 0 aliphatic carbocycles. The van der Waals surface area contributed by atoms with E-state index in [0.29, 0.717) is 12.3 Å². The minimum Gasteiger partial charge on any atom is -0.342 e. The van der Waals surface area contributed by atoms with E-state index in [0.717, 1.165) is 30.8 Å². The van der Waals surface area contributed by atoms with Crippen molar-refractivity contribution in [1.29, 1.82) is 0 Å². The standard InChI is InChI=1S/C20H23FN2O/c1-15-5-4-12-23(14-15)20(24)19(13-18-6-2-3-11-22-18)16-7-9-17(21)10-8-16/h2-3,6-11,15,19H,4-5,12-14H2,1H3. The summed E-state index contributed by atoms with van der Waals surface area (Å²) in [6, 6.07) is 12.0. The van der Waals surface area contributed by atoms with Gasteiger partial charge in [0.15, 0.2) is 0 Å². The minimum absolute atomic E-state index is 0.124. The lowest BCUT2D eigenvalue weighted by Gasteiger charge is -2.33. The average Bonchev–Trinajstić information content (AvgIpc) is 2.61. The molecule has 1 amide bonds. The molecule has 0 bridgehead atoms. The van der Waals surface area contributed by atoms with Gasteiger partial charge in [0.2, 0.25) is 5.91 Å². The topological polar surface area (TPSA) is 33.2 Å². The van der Waals surface area contributed by atoms with Crippen LogP contribution in [0.5, 0.6) is 0 Å². The van der Waals surface area contributed by atoms with Crippen LogP contribution in [0.2, 0.25) is 0 Å². The highest BCUT2D eigenvalue weighted by Crippen LogP contribution is 2.26. The Morgan fingerprint density at radius 1 is 1.29 bits per heavy atom. The van der Waals surface area contributed by atoms with E-state index in [1.54, 1.807) is 18.3 Å². The summed E-state index contributed by atoms with van der Waals surface area (Å²) in [6.07, 6.45) is 4.50. The van der Waals surface area contributed by atoms with Crippen LogP contribution in [-0.2, 0) is 11.2 Å². The molecule has 3 rings (SSSR count). The molecule has 2 heterocycles. The number of halogens is 1. The Labute approximate surface area is 142 Å². The Kier molecular flexibility index (Phi) is 5.24. The summed E-state index contributed by atoms with van der Waals surface area (Å²) in [5.41, 5.74) is 1.73. The molecule has 3 nitrogen and oxygen atoms in total. The number of hydrogen-bond acceptors (Lipinski definition) is 2. The van der Waals surface area contributed by atoms with Crippen molar-refractivity contribution in [3.63, 3.8) is 0 Å². The molecule has 1 aliphatic rings. The van der Waals surface area contributed by atoms with E-state index in [1.807, 2.05) is 23.1 Å². The maximum Gasteiger partial charge on any atom is 0.230 e. The van der Waals surface area contributed by atoms with Crippen molar-refractivity contribution in [2.24, 2.45) is 5.92 Å². The fourth-order valence-electron chi connectivity index (χ4n) is 3.38. The number of rotatable bonds is 4.